The summed E-state index contributed by atoms with van der Waals surface area (Å²) in [6.07, 6.45) is 1.85. The van der Waals surface area contributed by atoms with Crippen molar-refractivity contribution in [2.24, 2.45) is 23.2 Å². The Morgan fingerprint density at radius 2 is 1.78 bits per heavy atom. The van der Waals surface area contributed by atoms with E-state index in [-0.39, 0.29) is 5.76 Å². The summed E-state index contributed by atoms with van der Waals surface area (Å²) in [5.74, 6) is -4.39. The van der Waals surface area contributed by atoms with Gasteiger partial charge in [0.25, 0.3) is 0 Å². The molecule has 4 unspecified atom stereocenters. The number of cyclic esters (lactones) is 2. The molecular formula is C16H18O7. The maximum atomic E-state index is 12.2. The van der Waals surface area contributed by atoms with Crippen molar-refractivity contribution < 1.29 is 33.4 Å². The number of allylic oxidation sites excluding steroid dienone is 1. The predicted molar refractivity (Wildman–Crippen MR) is 74.3 cm³/mol. The van der Waals surface area contributed by atoms with E-state index in [1.165, 1.54) is 19.9 Å². The molecule has 124 valence electrons. The molecule has 1 saturated heterocycles. The lowest BCUT2D eigenvalue weighted by Gasteiger charge is -2.55. The van der Waals surface area contributed by atoms with Gasteiger partial charge in [-0.1, -0.05) is 13.8 Å². The average Bonchev–Trinajstić information content (AvgIpc) is 2.62. The number of rotatable bonds is 2. The SMILES string of the molecule is CC(=O)OC1=CC2(OC(C)=O)CC(C)(C)C1C1C(=O)OC(=O)C12. The number of fused-ring (bicyclic) bond motifs is 1. The third-order valence-electron chi connectivity index (χ3n) is 4.83. The number of hydrogen-bond donors (Lipinski definition) is 0. The maximum absolute atomic E-state index is 12.2. The molecule has 1 saturated carbocycles. The average molecular weight is 322 g/mol. The van der Waals surface area contributed by atoms with E-state index in [4.69, 9.17) is 14.2 Å². The van der Waals surface area contributed by atoms with E-state index in [0.717, 1.165) is 0 Å². The highest BCUT2D eigenvalue weighted by atomic mass is 16.6. The Labute approximate surface area is 132 Å². The number of carbonyl (C=O) groups excluding carboxylic acids is 4. The molecule has 0 N–H and O–H groups in total. The van der Waals surface area contributed by atoms with Crippen LogP contribution in [-0.4, -0.2) is 29.5 Å². The third kappa shape index (κ3) is 2.17. The van der Waals surface area contributed by atoms with E-state index in [2.05, 4.69) is 0 Å². The van der Waals surface area contributed by atoms with Gasteiger partial charge in [0.1, 0.15) is 17.3 Å². The van der Waals surface area contributed by atoms with E-state index in [1.807, 2.05) is 13.8 Å². The summed E-state index contributed by atoms with van der Waals surface area (Å²) in [5.41, 5.74) is -1.84. The van der Waals surface area contributed by atoms with Gasteiger partial charge in [-0.2, -0.15) is 0 Å². The zero-order valence-electron chi connectivity index (χ0n) is 13.4. The van der Waals surface area contributed by atoms with Crippen LogP contribution < -0.4 is 0 Å². The molecule has 0 spiro atoms. The van der Waals surface area contributed by atoms with Crippen molar-refractivity contribution in [3.63, 3.8) is 0 Å². The van der Waals surface area contributed by atoms with E-state index < -0.39 is 52.6 Å². The molecule has 2 fully saturated rings. The van der Waals surface area contributed by atoms with Crippen LogP contribution in [0.5, 0.6) is 0 Å². The molecule has 2 bridgehead atoms. The van der Waals surface area contributed by atoms with Gasteiger partial charge in [0.2, 0.25) is 0 Å². The molecule has 0 aromatic rings. The molecule has 4 aliphatic rings. The van der Waals surface area contributed by atoms with Crippen LogP contribution in [0.1, 0.15) is 34.1 Å². The largest absolute Gasteiger partial charge is 0.454 e. The van der Waals surface area contributed by atoms with Gasteiger partial charge in [0.15, 0.2) is 0 Å². The van der Waals surface area contributed by atoms with Crippen LogP contribution in [0, 0.1) is 23.2 Å². The Kier molecular flexibility index (Phi) is 3.18. The smallest absolute Gasteiger partial charge is 0.321 e. The van der Waals surface area contributed by atoms with Crippen molar-refractivity contribution >= 4 is 23.9 Å². The van der Waals surface area contributed by atoms with Gasteiger partial charge in [-0.15, -0.1) is 0 Å². The Bertz CT molecular complexity index is 659. The van der Waals surface area contributed by atoms with Crippen LogP contribution in [0.3, 0.4) is 0 Å². The first-order valence-electron chi connectivity index (χ1n) is 7.44. The van der Waals surface area contributed by atoms with Crippen LogP contribution in [0.4, 0.5) is 0 Å². The van der Waals surface area contributed by atoms with Gasteiger partial charge < -0.3 is 14.2 Å². The number of hydrogen-bond acceptors (Lipinski definition) is 7. The maximum Gasteiger partial charge on any atom is 0.321 e. The van der Waals surface area contributed by atoms with Crippen LogP contribution in [-0.2, 0) is 33.4 Å². The molecule has 4 rings (SSSR count). The lowest BCUT2D eigenvalue weighted by atomic mass is 9.50. The molecule has 0 radical (unpaired) electrons. The van der Waals surface area contributed by atoms with Crippen molar-refractivity contribution in [1.29, 1.82) is 0 Å². The summed E-state index contributed by atoms with van der Waals surface area (Å²) < 4.78 is 15.6. The minimum atomic E-state index is -1.33. The summed E-state index contributed by atoms with van der Waals surface area (Å²) in [5, 5.41) is 0. The first-order chi connectivity index (χ1) is 10.6. The fourth-order valence-corrected chi connectivity index (χ4v) is 4.45. The highest BCUT2D eigenvalue weighted by Crippen LogP contribution is 2.62. The zero-order chi connectivity index (χ0) is 17.2. The van der Waals surface area contributed by atoms with Crippen molar-refractivity contribution in [1.82, 2.24) is 0 Å². The zero-order valence-corrected chi connectivity index (χ0v) is 13.4. The third-order valence-corrected chi connectivity index (χ3v) is 4.83. The summed E-state index contributed by atoms with van der Waals surface area (Å²) >= 11 is 0. The van der Waals surface area contributed by atoms with Gasteiger partial charge >= 0.3 is 23.9 Å². The Hall–Kier alpha value is -2.18. The monoisotopic (exact) mass is 322 g/mol. The van der Waals surface area contributed by atoms with Gasteiger partial charge in [-0.05, 0) is 17.9 Å². The van der Waals surface area contributed by atoms with Gasteiger partial charge in [0, 0.05) is 19.8 Å². The first-order valence-corrected chi connectivity index (χ1v) is 7.44. The lowest BCUT2D eigenvalue weighted by Crippen LogP contribution is -2.61. The van der Waals surface area contributed by atoms with Crippen LogP contribution in [0.2, 0.25) is 0 Å². The Morgan fingerprint density at radius 1 is 1.13 bits per heavy atom. The quantitative estimate of drug-likeness (QED) is 0.427. The summed E-state index contributed by atoms with van der Waals surface area (Å²) in [7, 11) is 0. The second-order valence-corrected chi connectivity index (χ2v) is 7.08. The molecule has 0 aromatic heterocycles. The predicted octanol–water partition coefficient (Wildman–Crippen LogP) is 1.11. The van der Waals surface area contributed by atoms with Crippen LogP contribution in [0.15, 0.2) is 11.8 Å². The number of carbonyl (C=O) groups is 4. The van der Waals surface area contributed by atoms with Crippen LogP contribution >= 0.6 is 0 Å². The summed E-state index contributed by atoms with van der Waals surface area (Å²) in [6, 6.07) is 0. The summed E-state index contributed by atoms with van der Waals surface area (Å²) in [6.45, 7) is 6.26. The molecule has 0 aromatic carbocycles. The standard InChI is InChI=1S/C16H18O7/c1-7(17)21-9-5-16(23-8(2)18)6-15(3,4)11(9)10-12(16)14(20)22-13(10)19/h5,10-12H,6H2,1-4H3. The molecule has 3 aliphatic carbocycles. The number of esters is 4. The molecule has 7 nitrogen and oxygen atoms in total. The normalized spacial score (nSPS) is 36.9. The van der Waals surface area contributed by atoms with E-state index >= 15 is 0 Å². The molecule has 4 atom stereocenters. The lowest BCUT2D eigenvalue weighted by molar-refractivity contribution is -0.185. The second kappa shape index (κ2) is 4.66. The van der Waals surface area contributed by atoms with Crippen molar-refractivity contribution in [2.45, 2.75) is 39.7 Å². The number of ether oxygens (including phenoxy) is 3. The minimum Gasteiger partial charge on any atom is -0.454 e. The molecule has 23 heavy (non-hydrogen) atoms. The molecule has 1 aliphatic heterocycles. The van der Waals surface area contributed by atoms with Crippen molar-refractivity contribution in [3.8, 4) is 0 Å². The van der Waals surface area contributed by atoms with Crippen LogP contribution in [0.25, 0.3) is 0 Å². The first kappa shape index (κ1) is 15.7. The van der Waals surface area contributed by atoms with E-state index in [1.54, 1.807) is 0 Å². The molecule has 7 heteroatoms. The molecule has 1 heterocycles. The highest BCUT2D eigenvalue weighted by molar-refractivity contribution is 5.99. The molecule has 0 amide bonds. The van der Waals surface area contributed by atoms with Gasteiger partial charge in [-0.3, -0.25) is 19.2 Å². The van der Waals surface area contributed by atoms with Gasteiger partial charge in [-0.25, -0.2) is 0 Å². The van der Waals surface area contributed by atoms with Crippen molar-refractivity contribution in [2.75, 3.05) is 0 Å². The fourth-order valence-electron chi connectivity index (χ4n) is 4.45. The molecular weight excluding hydrogens is 304 g/mol. The Balaban J connectivity index is 2.19. The van der Waals surface area contributed by atoms with E-state index in [0.29, 0.717) is 6.42 Å². The van der Waals surface area contributed by atoms with E-state index in [9.17, 15) is 19.2 Å². The van der Waals surface area contributed by atoms with Gasteiger partial charge in [0.05, 0.1) is 5.92 Å². The Morgan fingerprint density at radius 3 is 2.35 bits per heavy atom. The minimum absolute atomic E-state index is 0.267. The fraction of sp³-hybridized carbons (Fsp3) is 0.625. The highest BCUT2D eigenvalue weighted by Gasteiger charge is 2.71. The topological polar surface area (TPSA) is 96.0 Å². The second-order valence-electron chi connectivity index (χ2n) is 7.08. The van der Waals surface area contributed by atoms with Crippen molar-refractivity contribution in [3.05, 3.63) is 11.8 Å². The summed E-state index contributed by atoms with van der Waals surface area (Å²) in [4.78, 5) is 47.4.